The molecule has 0 aliphatic rings. The molecule has 2 aromatic carbocycles. The minimum absolute atomic E-state index is 0.0244. The molecule has 0 saturated heterocycles. The highest BCUT2D eigenvalue weighted by Gasteiger charge is 2.14. The number of methoxy groups -OCH3 is 2. The zero-order chi connectivity index (χ0) is 22.8. The molecule has 3 rings (SSSR count). The number of nitrogens with zero attached hydrogens (tertiary/aromatic N) is 1. The number of carbonyl (C=O) groups is 1. The number of pyridine rings is 1. The van der Waals surface area contributed by atoms with Crippen molar-refractivity contribution in [2.24, 2.45) is 0 Å². The van der Waals surface area contributed by atoms with Crippen LogP contribution in [0.25, 0.3) is 11.1 Å². The van der Waals surface area contributed by atoms with Crippen molar-refractivity contribution in [3.8, 4) is 22.6 Å². The summed E-state index contributed by atoms with van der Waals surface area (Å²) in [5.74, 6) is 1.35. The maximum absolute atomic E-state index is 12.8. The predicted octanol–water partition coefficient (Wildman–Crippen LogP) is 5.69. The van der Waals surface area contributed by atoms with Gasteiger partial charge in [-0.1, -0.05) is 37.6 Å². The third-order valence-corrected chi connectivity index (χ3v) is 5.58. The van der Waals surface area contributed by atoms with Gasteiger partial charge in [0.25, 0.3) is 5.91 Å². The van der Waals surface area contributed by atoms with Gasteiger partial charge in [0.2, 0.25) is 0 Å². The van der Waals surface area contributed by atoms with Crippen molar-refractivity contribution < 1.29 is 14.3 Å². The number of benzene rings is 2. The van der Waals surface area contributed by atoms with E-state index >= 15 is 0 Å². The third kappa shape index (κ3) is 6.33. The summed E-state index contributed by atoms with van der Waals surface area (Å²) in [5, 5.41) is 3.22. The molecule has 0 bridgehead atoms. The Kier molecular flexibility index (Phi) is 8.67. The van der Waals surface area contributed by atoms with E-state index in [-0.39, 0.29) is 11.9 Å². The summed E-state index contributed by atoms with van der Waals surface area (Å²) in [7, 11) is 3.24. The molecule has 1 heterocycles. The predicted molar refractivity (Wildman–Crippen MR) is 128 cm³/mol. The van der Waals surface area contributed by atoms with Crippen LogP contribution in [0, 0.1) is 0 Å². The summed E-state index contributed by atoms with van der Waals surface area (Å²) in [6.45, 7) is 2.15. The molecule has 5 heteroatoms. The van der Waals surface area contributed by atoms with E-state index in [0.717, 1.165) is 43.2 Å². The molecule has 32 heavy (non-hydrogen) atoms. The average molecular weight is 433 g/mol. The molecule has 0 fully saturated rings. The summed E-state index contributed by atoms with van der Waals surface area (Å²) in [6.07, 6.45) is 8.67. The zero-order valence-electron chi connectivity index (χ0n) is 19.1. The first kappa shape index (κ1) is 23.3. The van der Waals surface area contributed by atoms with Crippen LogP contribution in [0.5, 0.6) is 11.5 Å². The normalized spacial score (nSPS) is 11.6. The van der Waals surface area contributed by atoms with Crippen LogP contribution in [-0.2, 0) is 6.42 Å². The first-order valence-electron chi connectivity index (χ1n) is 11.2. The van der Waals surface area contributed by atoms with Gasteiger partial charge in [0.15, 0.2) is 11.5 Å². The number of aryl methyl sites for hydroxylation is 1. The van der Waals surface area contributed by atoms with Gasteiger partial charge in [-0.25, -0.2) is 0 Å². The van der Waals surface area contributed by atoms with E-state index in [1.807, 2.05) is 54.7 Å². The minimum Gasteiger partial charge on any atom is -0.493 e. The lowest BCUT2D eigenvalue weighted by Gasteiger charge is -2.18. The van der Waals surface area contributed by atoms with Crippen LogP contribution in [0.4, 0.5) is 0 Å². The summed E-state index contributed by atoms with van der Waals surface area (Å²) in [6, 6.07) is 17.7. The van der Waals surface area contributed by atoms with E-state index in [1.165, 1.54) is 5.56 Å². The zero-order valence-corrected chi connectivity index (χ0v) is 19.1. The van der Waals surface area contributed by atoms with E-state index in [9.17, 15) is 4.79 Å². The first-order chi connectivity index (χ1) is 15.6. The second-order valence-electron chi connectivity index (χ2n) is 7.86. The molecule has 1 unspecified atom stereocenters. The Hall–Kier alpha value is -3.34. The van der Waals surface area contributed by atoms with E-state index in [4.69, 9.17) is 9.47 Å². The molecule has 1 N–H and O–H groups in total. The Morgan fingerprint density at radius 2 is 1.72 bits per heavy atom. The van der Waals surface area contributed by atoms with Crippen LogP contribution in [-0.4, -0.2) is 31.2 Å². The van der Waals surface area contributed by atoms with Crippen LogP contribution in [0.3, 0.4) is 0 Å². The fraction of sp³-hybridized carbons (Fsp3) is 0.333. The number of aromatic nitrogens is 1. The van der Waals surface area contributed by atoms with Gasteiger partial charge >= 0.3 is 0 Å². The lowest BCUT2D eigenvalue weighted by molar-refractivity contribution is 0.0932. The number of amides is 1. The molecular weight excluding hydrogens is 400 g/mol. The van der Waals surface area contributed by atoms with Crippen molar-refractivity contribution in [2.75, 3.05) is 14.2 Å². The van der Waals surface area contributed by atoms with Crippen molar-refractivity contribution >= 4 is 5.91 Å². The molecule has 0 aliphatic carbocycles. The maximum atomic E-state index is 12.8. The van der Waals surface area contributed by atoms with Gasteiger partial charge in [-0.2, -0.15) is 0 Å². The largest absolute Gasteiger partial charge is 0.493 e. The summed E-state index contributed by atoms with van der Waals surface area (Å²) < 4.78 is 10.7. The molecule has 168 valence electrons. The number of ether oxygens (including phenoxy) is 2. The Morgan fingerprint density at radius 3 is 2.38 bits per heavy atom. The van der Waals surface area contributed by atoms with Gasteiger partial charge < -0.3 is 14.8 Å². The second kappa shape index (κ2) is 11.9. The molecule has 1 aromatic heterocycles. The van der Waals surface area contributed by atoms with Crippen LogP contribution < -0.4 is 14.8 Å². The Labute approximate surface area is 190 Å². The SMILES string of the molecule is CCCC(CCCc1cccnc1)NC(=O)c1ccc(-c2ccc(OC)c(OC)c2)cc1. The van der Waals surface area contributed by atoms with Crippen molar-refractivity contribution in [3.05, 3.63) is 78.1 Å². The minimum atomic E-state index is -0.0244. The summed E-state index contributed by atoms with van der Waals surface area (Å²) >= 11 is 0. The van der Waals surface area contributed by atoms with E-state index in [0.29, 0.717) is 17.1 Å². The van der Waals surface area contributed by atoms with Crippen molar-refractivity contribution in [1.29, 1.82) is 0 Å². The first-order valence-corrected chi connectivity index (χ1v) is 11.2. The third-order valence-electron chi connectivity index (χ3n) is 5.58. The number of rotatable bonds is 11. The highest BCUT2D eigenvalue weighted by molar-refractivity contribution is 5.94. The van der Waals surface area contributed by atoms with Gasteiger partial charge in [0.05, 0.1) is 14.2 Å². The topological polar surface area (TPSA) is 60.5 Å². The second-order valence-corrected chi connectivity index (χ2v) is 7.86. The Balaban J connectivity index is 1.61. The lowest BCUT2D eigenvalue weighted by atomic mass is 10.0. The molecular formula is C27H32N2O3. The smallest absolute Gasteiger partial charge is 0.251 e. The monoisotopic (exact) mass is 432 g/mol. The molecule has 1 amide bonds. The lowest BCUT2D eigenvalue weighted by Crippen LogP contribution is -2.34. The Morgan fingerprint density at radius 1 is 0.969 bits per heavy atom. The maximum Gasteiger partial charge on any atom is 0.251 e. The standard InChI is InChI=1S/C27H32N2O3/c1-4-7-24(10-5-8-20-9-6-17-28-19-20)29-27(30)22-13-11-21(12-14-22)23-15-16-25(31-2)26(18-23)32-3/h6,9,11-19,24H,4-5,7-8,10H2,1-3H3,(H,29,30). The van der Waals surface area contributed by atoms with Crippen LogP contribution >= 0.6 is 0 Å². The molecule has 5 nitrogen and oxygen atoms in total. The Bertz CT molecular complexity index is 988. The van der Waals surface area contributed by atoms with E-state index < -0.39 is 0 Å². The number of nitrogens with one attached hydrogen (secondary N) is 1. The highest BCUT2D eigenvalue weighted by Crippen LogP contribution is 2.32. The molecule has 0 saturated carbocycles. The van der Waals surface area contributed by atoms with Crippen molar-refractivity contribution in [3.63, 3.8) is 0 Å². The highest BCUT2D eigenvalue weighted by atomic mass is 16.5. The molecule has 1 atom stereocenters. The number of carbonyl (C=O) groups excluding carboxylic acids is 1. The molecule has 3 aromatic rings. The van der Waals surface area contributed by atoms with Crippen LogP contribution in [0.2, 0.25) is 0 Å². The number of hydrogen-bond donors (Lipinski definition) is 1. The summed E-state index contributed by atoms with van der Waals surface area (Å²) in [5.41, 5.74) is 3.93. The van der Waals surface area contributed by atoms with Crippen LogP contribution in [0.1, 0.15) is 48.5 Å². The van der Waals surface area contributed by atoms with Crippen molar-refractivity contribution in [1.82, 2.24) is 10.3 Å². The van der Waals surface area contributed by atoms with E-state index in [2.05, 4.69) is 23.3 Å². The molecule has 0 radical (unpaired) electrons. The van der Waals surface area contributed by atoms with Gasteiger partial charge in [0, 0.05) is 24.0 Å². The van der Waals surface area contributed by atoms with Gasteiger partial charge in [-0.05, 0) is 72.7 Å². The van der Waals surface area contributed by atoms with Gasteiger partial charge in [-0.15, -0.1) is 0 Å². The van der Waals surface area contributed by atoms with Gasteiger partial charge in [0.1, 0.15) is 0 Å². The van der Waals surface area contributed by atoms with Crippen molar-refractivity contribution in [2.45, 2.75) is 45.1 Å². The molecule has 0 aliphatic heterocycles. The van der Waals surface area contributed by atoms with E-state index in [1.54, 1.807) is 20.4 Å². The quantitative estimate of drug-likeness (QED) is 0.423. The van der Waals surface area contributed by atoms with Crippen LogP contribution in [0.15, 0.2) is 67.0 Å². The van der Waals surface area contributed by atoms with Gasteiger partial charge in [-0.3, -0.25) is 9.78 Å². The number of hydrogen-bond acceptors (Lipinski definition) is 4. The average Bonchev–Trinajstić information content (AvgIpc) is 2.84. The molecule has 0 spiro atoms. The fourth-order valence-electron chi connectivity index (χ4n) is 3.83. The summed E-state index contributed by atoms with van der Waals surface area (Å²) in [4.78, 5) is 17.0. The fourth-order valence-corrected chi connectivity index (χ4v) is 3.83.